The van der Waals surface area contributed by atoms with Gasteiger partial charge in [0.15, 0.2) is 17.3 Å². The molecule has 1 aromatic heterocycles. The second-order valence-corrected chi connectivity index (χ2v) is 7.64. The minimum absolute atomic E-state index is 0.136. The van der Waals surface area contributed by atoms with Crippen molar-refractivity contribution in [3.8, 4) is 11.5 Å². The molecule has 8 heteroatoms. The highest BCUT2D eigenvalue weighted by molar-refractivity contribution is 5.49. The normalized spacial score (nSPS) is 16.2. The number of para-hydroxylation sites is 1. The third-order valence-electron chi connectivity index (χ3n) is 5.93. The molecule has 2 aromatic carbocycles. The fourth-order valence-electron chi connectivity index (χ4n) is 4.24. The van der Waals surface area contributed by atoms with Crippen LogP contribution < -0.4 is 9.47 Å². The monoisotopic (exact) mass is 422 g/mol. The number of piperazine rings is 1. The van der Waals surface area contributed by atoms with Gasteiger partial charge in [0.2, 0.25) is 0 Å². The number of nitrogens with zero attached hydrogens (tertiary/aromatic N) is 6. The molecule has 31 heavy (non-hydrogen) atoms. The first-order valence-corrected chi connectivity index (χ1v) is 10.7. The van der Waals surface area contributed by atoms with Crippen LogP contribution in [0.2, 0.25) is 0 Å². The second-order valence-electron chi connectivity index (χ2n) is 7.64. The number of tetrazole rings is 1. The van der Waals surface area contributed by atoms with Crippen molar-refractivity contribution < 1.29 is 9.47 Å². The van der Waals surface area contributed by atoms with Gasteiger partial charge in [-0.3, -0.25) is 4.90 Å². The summed E-state index contributed by atoms with van der Waals surface area (Å²) in [5.74, 6) is 2.24. The predicted octanol–water partition coefficient (Wildman–Crippen LogP) is 2.47. The van der Waals surface area contributed by atoms with Gasteiger partial charge in [0.1, 0.15) is 6.04 Å². The van der Waals surface area contributed by atoms with Crippen molar-refractivity contribution in [3.63, 3.8) is 0 Å². The number of likely N-dealkylation sites (N-methyl/N-ethyl adjacent to an activating group) is 1. The predicted molar refractivity (Wildman–Crippen MR) is 118 cm³/mol. The molecule has 2 heterocycles. The first-order valence-electron chi connectivity index (χ1n) is 10.7. The van der Waals surface area contributed by atoms with E-state index in [1.807, 2.05) is 35.0 Å². The molecular weight excluding hydrogens is 392 g/mol. The third kappa shape index (κ3) is 4.55. The van der Waals surface area contributed by atoms with E-state index in [0.717, 1.165) is 55.4 Å². The van der Waals surface area contributed by atoms with Crippen molar-refractivity contribution in [2.75, 3.05) is 46.9 Å². The highest BCUT2D eigenvalue weighted by Crippen LogP contribution is 2.39. The number of aromatic nitrogens is 4. The number of benzene rings is 2. The van der Waals surface area contributed by atoms with Crippen LogP contribution in [0.5, 0.6) is 11.5 Å². The van der Waals surface area contributed by atoms with Gasteiger partial charge < -0.3 is 14.4 Å². The highest BCUT2D eigenvalue weighted by atomic mass is 16.5. The van der Waals surface area contributed by atoms with Crippen LogP contribution in [-0.4, -0.2) is 77.0 Å². The van der Waals surface area contributed by atoms with Crippen LogP contribution >= 0.6 is 0 Å². The molecule has 1 atom stereocenters. The van der Waals surface area contributed by atoms with E-state index >= 15 is 0 Å². The van der Waals surface area contributed by atoms with Crippen LogP contribution in [0.3, 0.4) is 0 Å². The Labute approximate surface area is 183 Å². The Morgan fingerprint density at radius 2 is 1.71 bits per heavy atom. The standard InChI is InChI=1S/C23H30N6O2/c1-4-27-13-15-28(16-14-27)21(19-11-8-12-20(30-2)22(19)31-3)23-24-25-26-29(23)17-18-9-6-5-7-10-18/h5-12,21H,4,13-17H2,1-3H3/t21-/m0/s1. The van der Waals surface area contributed by atoms with E-state index in [-0.39, 0.29) is 6.04 Å². The fourth-order valence-corrected chi connectivity index (χ4v) is 4.24. The number of methoxy groups -OCH3 is 2. The topological polar surface area (TPSA) is 68.5 Å². The summed E-state index contributed by atoms with van der Waals surface area (Å²) in [5.41, 5.74) is 2.17. The maximum absolute atomic E-state index is 5.80. The molecule has 4 rings (SSSR count). The molecule has 3 aromatic rings. The Morgan fingerprint density at radius 3 is 2.39 bits per heavy atom. The van der Waals surface area contributed by atoms with Gasteiger partial charge in [-0.2, -0.15) is 0 Å². The molecule has 0 spiro atoms. The Balaban J connectivity index is 1.75. The summed E-state index contributed by atoms with van der Waals surface area (Å²) >= 11 is 0. The highest BCUT2D eigenvalue weighted by Gasteiger charge is 2.33. The number of hydrogen-bond acceptors (Lipinski definition) is 7. The quantitative estimate of drug-likeness (QED) is 0.552. The van der Waals surface area contributed by atoms with Crippen LogP contribution in [-0.2, 0) is 6.54 Å². The van der Waals surface area contributed by atoms with Gasteiger partial charge >= 0.3 is 0 Å². The van der Waals surface area contributed by atoms with E-state index in [2.05, 4.69) is 50.4 Å². The summed E-state index contributed by atoms with van der Waals surface area (Å²) in [7, 11) is 3.34. The fraction of sp³-hybridized carbons (Fsp3) is 0.435. The molecule has 1 aliphatic heterocycles. The smallest absolute Gasteiger partial charge is 0.173 e. The van der Waals surface area contributed by atoms with Crippen molar-refractivity contribution >= 4 is 0 Å². The zero-order valence-electron chi connectivity index (χ0n) is 18.4. The zero-order valence-corrected chi connectivity index (χ0v) is 18.4. The summed E-state index contributed by atoms with van der Waals surface area (Å²) in [6, 6.07) is 16.1. The Bertz CT molecular complexity index is 969. The molecule has 164 valence electrons. The lowest BCUT2D eigenvalue weighted by molar-refractivity contribution is 0.107. The minimum atomic E-state index is -0.136. The lowest BCUT2D eigenvalue weighted by Gasteiger charge is -2.38. The lowest BCUT2D eigenvalue weighted by Crippen LogP contribution is -2.48. The molecule has 0 N–H and O–H groups in total. The van der Waals surface area contributed by atoms with E-state index in [0.29, 0.717) is 12.3 Å². The van der Waals surface area contributed by atoms with Crippen molar-refractivity contribution in [3.05, 3.63) is 65.5 Å². The first kappa shape index (κ1) is 21.3. The van der Waals surface area contributed by atoms with Crippen LogP contribution in [0, 0.1) is 0 Å². The van der Waals surface area contributed by atoms with Gasteiger partial charge in [0.25, 0.3) is 0 Å². The van der Waals surface area contributed by atoms with Crippen LogP contribution in [0.1, 0.15) is 29.9 Å². The van der Waals surface area contributed by atoms with Gasteiger partial charge in [-0.25, -0.2) is 4.68 Å². The molecule has 0 bridgehead atoms. The Morgan fingerprint density at radius 1 is 0.935 bits per heavy atom. The SMILES string of the molecule is CCN1CCN([C@@H](c2cccc(OC)c2OC)c2nnnn2Cc2ccccc2)CC1. The van der Waals surface area contributed by atoms with Crippen molar-refractivity contribution in [1.29, 1.82) is 0 Å². The van der Waals surface area contributed by atoms with Gasteiger partial charge in [0.05, 0.1) is 20.8 Å². The van der Waals surface area contributed by atoms with Crippen molar-refractivity contribution in [2.24, 2.45) is 0 Å². The summed E-state index contributed by atoms with van der Waals surface area (Å²) in [6.45, 7) is 7.76. The van der Waals surface area contributed by atoms with Crippen LogP contribution in [0.15, 0.2) is 48.5 Å². The maximum atomic E-state index is 5.80. The molecule has 0 amide bonds. The van der Waals surface area contributed by atoms with Gasteiger partial charge in [-0.15, -0.1) is 5.10 Å². The molecule has 0 aliphatic carbocycles. The molecule has 8 nitrogen and oxygen atoms in total. The van der Waals surface area contributed by atoms with Crippen LogP contribution in [0.25, 0.3) is 0 Å². The van der Waals surface area contributed by atoms with Gasteiger partial charge in [-0.05, 0) is 28.6 Å². The average molecular weight is 423 g/mol. The molecule has 1 aliphatic rings. The largest absolute Gasteiger partial charge is 0.493 e. The van der Waals surface area contributed by atoms with E-state index in [1.165, 1.54) is 0 Å². The molecule has 1 saturated heterocycles. The molecule has 0 radical (unpaired) electrons. The Kier molecular flexibility index (Phi) is 6.79. The third-order valence-corrected chi connectivity index (χ3v) is 5.93. The Hall–Kier alpha value is -2.97. The summed E-state index contributed by atoms with van der Waals surface area (Å²) < 4.78 is 13.3. The minimum Gasteiger partial charge on any atom is -0.493 e. The van der Waals surface area contributed by atoms with Gasteiger partial charge in [0, 0.05) is 31.7 Å². The first-order chi connectivity index (χ1) is 15.2. The van der Waals surface area contributed by atoms with E-state index in [9.17, 15) is 0 Å². The van der Waals surface area contributed by atoms with Crippen LogP contribution in [0.4, 0.5) is 0 Å². The van der Waals surface area contributed by atoms with Gasteiger partial charge in [-0.1, -0.05) is 49.4 Å². The summed E-state index contributed by atoms with van der Waals surface area (Å²) in [6.07, 6.45) is 0. The second kappa shape index (κ2) is 9.89. The van der Waals surface area contributed by atoms with E-state index in [1.54, 1.807) is 14.2 Å². The van der Waals surface area contributed by atoms with E-state index < -0.39 is 0 Å². The maximum Gasteiger partial charge on any atom is 0.173 e. The summed E-state index contributed by atoms with van der Waals surface area (Å²) in [4.78, 5) is 4.90. The molecule has 1 fully saturated rings. The number of ether oxygens (including phenoxy) is 2. The van der Waals surface area contributed by atoms with E-state index in [4.69, 9.17) is 9.47 Å². The number of rotatable bonds is 8. The molecule has 0 saturated carbocycles. The lowest BCUT2D eigenvalue weighted by atomic mass is 10.0. The summed E-state index contributed by atoms with van der Waals surface area (Å²) in [5, 5.41) is 12.9. The average Bonchev–Trinajstić information content (AvgIpc) is 3.27. The number of hydrogen-bond donors (Lipinski definition) is 0. The van der Waals surface area contributed by atoms with Crippen molar-refractivity contribution in [1.82, 2.24) is 30.0 Å². The van der Waals surface area contributed by atoms with Crippen molar-refractivity contribution in [2.45, 2.75) is 19.5 Å². The zero-order chi connectivity index (χ0) is 21.6. The molecule has 0 unspecified atom stereocenters. The molecular formula is C23H30N6O2.